The van der Waals surface area contributed by atoms with Crippen molar-refractivity contribution in [3.63, 3.8) is 0 Å². The molecule has 1 heterocycles. The third-order valence-electron chi connectivity index (χ3n) is 3.93. The van der Waals surface area contributed by atoms with Crippen LogP contribution in [0.25, 0.3) is 0 Å². The highest BCUT2D eigenvalue weighted by Crippen LogP contribution is 2.19. The SMILES string of the molecule is Cc1ncccc1C(=O)NCCCOC1CCC(N)CC1. The Balaban J connectivity index is 1.60. The quantitative estimate of drug-likeness (QED) is 0.783. The van der Waals surface area contributed by atoms with Crippen LogP contribution in [0.1, 0.15) is 48.2 Å². The van der Waals surface area contributed by atoms with E-state index in [1.807, 2.05) is 6.92 Å². The van der Waals surface area contributed by atoms with Crippen molar-refractivity contribution in [2.24, 2.45) is 5.73 Å². The second-order valence-electron chi connectivity index (χ2n) is 5.65. The molecule has 1 aromatic heterocycles. The largest absolute Gasteiger partial charge is 0.378 e. The molecule has 1 aromatic rings. The van der Waals surface area contributed by atoms with Gasteiger partial charge in [-0.1, -0.05) is 0 Å². The van der Waals surface area contributed by atoms with Gasteiger partial charge in [0.1, 0.15) is 0 Å². The summed E-state index contributed by atoms with van der Waals surface area (Å²) >= 11 is 0. The summed E-state index contributed by atoms with van der Waals surface area (Å²) in [7, 11) is 0. The maximum atomic E-state index is 12.0. The van der Waals surface area contributed by atoms with Gasteiger partial charge in [-0.15, -0.1) is 0 Å². The first-order valence-corrected chi connectivity index (χ1v) is 7.74. The van der Waals surface area contributed by atoms with Crippen LogP contribution in [0.4, 0.5) is 0 Å². The van der Waals surface area contributed by atoms with Gasteiger partial charge in [-0.05, 0) is 51.2 Å². The first-order valence-electron chi connectivity index (χ1n) is 7.74. The third-order valence-corrected chi connectivity index (χ3v) is 3.93. The van der Waals surface area contributed by atoms with Gasteiger partial charge >= 0.3 is 0 Å². The van der Waals surface area contributed by atoms with Crippen LogP contribution in [-0.4, -0.2) is 36.2 Å². The minimum atomic E-state index is -0.0655. The molecule has 1 saturated carbocycles. The number of hydrogen-bond acceptors (Lipinski definition) is 4. The molecule has 2 rings (SSSR count). The molecule has 0 atom stereocenters. The molecule has 21 heavy (non-hydrogen) atoms. The van der Waals surface area contributed by atoms with Crippen molar-refractivity contribution < 1.29 is 9.53 Å². The molecular weight excluding hydrogens is 266 g/mol. The molecule has 1 fully saturated rings. The van der Waals surface area contributed by atoms with Crippen molar-refractivity contribution in [1.29, 1.82) is 0 Å². The Morgan fingerprint density at radius 1 is 1.43 bits per heavy atom. The fourth-order valence-electron chi connectivity index (χ4n) is 2.60. The minimum absolute atomic E-state index is 0.0655. The van der Waals surface area contributed by atoms with E-state index in [1.54, 1.807) is 18.3 Å². The van der Waals surface area contributed by atoms with E-state index < -0.39 is 0 Å². The van der Waals surface area contributed by atoms with Crippen LogP contribution < -0.4 is 11.1 Å². The van der Waals surface area contributed by atoms with Crippen LogP contribution in [0, 0.1) is 6.92 Å². The second-order valence-corrected chi connectivity index (χ2v) is 5.65. The van der Waals surface area contributed by atoms with E-state index in [4.69, 9.17) is 10.5 Å². The molecule has 0 aromatic carbocycles. The molecule has 1 amide bonds. The van der Waals surface area contributed by atoms with Gasteiger partial charge < -0.3 is 15.8 Å². The van der Waals surface area contributed by atoms with Crippen LogP contribution in [0.5, 0.6) is 0 Å². The van der Waals surface area contributed by atoms with Gasteiger partial charge in [0.15, 0.2) is 0 Å². The molecular formula is C16H25N3O2. The van der Waals surface area contributed by atoms with E-state index in [2.05, 4.69) is 10.3 Å². The molecule has 1 aliphatic rings. The zero-order valence-corrected chi connectivity index (χ0v) is 12.7. The van der Waals surface area contributed by atoms with Crippen LogP contribution in [0.15, 0.2) is 18.3 Å². The summed E-state index contributed by atoms with van der Waals surface area (Å²) in [4.78, 5) is 16.1. The van der Waals surface area contributed by atoms with Gasteiger partial charge in [-0.2, -0.15) is 0 Å². The summed E-state index contributed by atoms with van der Waals surface area (Å²) in [5.41, 5.74) is 7.26. The molecule has 0 bridgehead atoms. The maximum absolute atomic E-state index is 12.0. The average Bonchev–Trinajstić information content (AvgIpc) is 2.49. The van der Waals surface area contributed by atoms with Gasteiger partial charge in [0.25, 0.3) is 5.91 Å². The predicted molar refractivity (Wildman–Crippen MR) is 82.1 cm³/mol. The van der Waals surface area contributed by atoms with Crippen LogP contribution in [0.3, 0.4) is 0 Å². The number of nitrogens with two attached hydrogens (primary N) is 1. The Morgan fingerprint density at radius 2 is 2.19 bits per heavy atom. The number of amides is 1. The summed E-state index contributed by atoms with van der Waals surface area (Å²) in [6.07, 6.45) is 7.10. The smallest absolute Gasteiger partial charge is 0.253 e. The first-order chi connectivity index (χ1) is 10.2. The lowest BCUT2D eigenvalue weighted by atomic mass is 9.94. The summed E-state index contributed by atoms with van der Waals surface area (Å²) in [6.45, 7) is 3.15. The van der Waals surface area contributed by atoms with Crippen molar-refractivity contribution >= 4 is 5.91 Å². The van der Waals surface area contributed by atoms with Gasteiger partial charge in [-0.25, -0.2) is 0 Å². The van der Waals surface area contributed by atoms with Crippen LogP contribution in [0.2, 0.25) is 0 Å². The predicted octanol–water partition coefficient (Wildman–Crippen LogP) is 1.80. The van der Waals surface area contributed by atoms with E-state index in [9.17, 15) is 4.79 Å². The van der Waals surface area contributed by atoms with E-state index in [1.165, 1.54) is 0 Å². The number of hydrogen-bond donors (Lipinski definition) is 2. The van der Waals surface area contributed by atoms with Crippen molar-refractivity contribution in [1.82, 2.24) is 10.3 Å². The van der Waals surface area contributed by atoms with Gasteiger partial charge in [-0.3, -0.25) is 9.78 Å². The molecule has 1 aliphatic carbocycles. The van der Waals surface area contributed by atoms with Crippen molar-refractivity contribution in [3.05, 3.63) is 29.6 Å². The lowest BCUT2D eigenvalue weighted by molar-refractivity contribution is 0.0241. The molecule has 116 valence electrons. The number of nitrogens with zero attached hydrogens (tertiary/aromatic N) is 1. The van der Waals surface area contributed by atoms with E-state index in [0.717, 1.165) is 37.8 Å². The lowest BCUT2D eigenvalue weighted by Gasteiger charge is -2.26. The zero-order chi connectivity index (χ0) is 15.1. The Kier molecular flexibility index (Phi) is 6.14. The van der Waals surface area contributed by atoms with Crippen molar-refractivity contribution in [2.75, 3.05) is 13.2 Å². The lowest BCUT2D eigenvalue weighted by Crippen LogP contribution is -2.31. The maximum Gasteiger partial charge on any atom is 0.253 e. The summed E-state index contributed by atoms with van der Waals surface area (Å²) in [6, 6.07) is 3.92. The Labute approximate surface area is 126 Å². The van der Waals surface area contributed by atoms with Crippen LogP contribution in [-0.2, 0) is 4.74 Å². The van der Waals surface area contributed by atoms with Crippen LogP contribution >= 0.6 is 0 Å². The number of pyridine rings is 1. The average molecular weight is 291 g/mol. The number of ether oxygens (including phenoxy) is 1. The Bertz CT molecular complexity index is 457. The van der Waals surface area contributed by atoms with Gasteiger partial charge in [0.05, 0.1) is 11.7 Å². The number of aromatic nitrogens is 1. The number of rotatable bonds is 6. The second kappa shape index (κ2) is 8.10. The van der Waals surface area contributed by atoms with E-state index in [-0.39, 0.29) is 5.91 Å². The molecule has 0 saturated heterocycles. The number of nitrogens with one attached hydrogen (secondary N) is 1. The monoisotopic (exact) mass is 291 g/mol. The summed E-state index contributed by atoms with van der Waals surface area (Å²) in [5, 5.41) is 2.91. The fraction of sp³-hybridized carbons (Fsp3) is 0.625. The number of carbonyl (C=O) groups excluding carboxylic acids is 1. The molecule has 0 unspecified atom stereocenters. The summed E-state index contributed by atoms with van der Waals surface area (Å²) in [5.74, 6) is -0.0655. The van der Waals surface area contributed by atoms with Gasteiger partial charge in [0.2, 0.25) is 0 Å². The number of aryl methyl sites for hydroxylation is 1. The third kappa shape index (κ3) is 5.10. The highest BCUT2D eigenvalue weighted by molar-refractivity contribution is 5.95. The normalized spacial score (nSPS) is 22.0. The zero-order valence-electron chi connectivity index (χ0n) is 12.7. The molecule has 3 N–H and O–H groups in total. The minimum Gasteiger partial charge on any atom is -0.378 e. The number of carbonyl (C=O) groups is 1. The first kappa shape index (κ1) is 15.9. The highest BCUT2D eigenvalue weighted by Gasteiger charge is 2.18. The molecule has 0 aliphatic heterocycles. The Hall–Kier alpha value is -1.46. The molecule has 5 heteroatoms. The van der Waals surface area contributed by atoms with Gasteiger partial charge in [0, 0.05) is 31.1 Å². The van der Waals surface area contributed by atoms with Crippen molar-refractivity contribution in [3.8, 4) is 0 Å². The molecule has 5 nitrogen and oxygen atoms in total. The Morgan fingerprint density at radius 3 is 2.90 bits per heavy atom. The highest BCUT2D eigenvalue weighted by atomic mass is 16.5. The molecule has 0 radical (unpaired) electrons. The fourth-order valence-corrected chi connectivity index (χ4v) is 2.60. The van der Waals surface area contributed by atoms with E-state index >= 15 is 0 Å². The topological polar surface area (TPSA) is 77.2 Å². The standard InChI is InChI=1S/C16H25N3O2/c1-12-15(4-2-9-18-12)16(20)19-10-3-11-21-14-7-5-13(17)6-8-14/h2,4,9,13-14H,3,5-8,10-11,17H2,1H3,(H,19,20). The van der Waals surface area contributed by atoms with Crippen molar-refractivity contribution in [2.45, 2.75) is 51.2 Å². The van der Waals surface area contributed by atoms with E-state index in [0.29, 0.717) is 30.9 Å². The summed E-state index contributed by atoms with van der Waals surface area (Å²) < 4.78 is 5.82. The molecule has 0 spiro atoms.